The van der Waals surface area contributed by atoms with Crippen LogP contribution in [0.25, 0.3) is 11.3 Å². The van der Waals surface area contributed by atoms with Crippen LogP contribution in [0.15, 0.2) is 30.5 Å². The van der Waals surface area contributed by atoms with E-state index in [1.165, 1.54) is 19.2 Å². The largest absolute Gasteiger partial charge is 0.333 e. The first-order valence-electron chi connectivity index (χ1n) is 5.31. The fourth-order valence-electron chi connectivity index (χ4n) is 1.43. The van der Waals surface area contributed by atoms with Crippen molar-refractivity contribution in [2.75, 3.05) is 7.05 Å². The Morgan fingerprint density at radius 3 is 2.24 bits per heavy atom. The van der Waals surface area contributed by atoms with Crippen LogP contribution in [0, 0.1) is 19.7 Å². The van der Waals surface area contributed by atoms with Gasteiger partial charge in [0.2, 0.25) is 0 Å². The van der Waals surface area contributed by atoms with E-state index in [9.17, 15) is 4.39 Å². The molecule has 0 amide bonds. The summed E-state index contributed by atoms with van der Waals surface area (Å²) < 4.78 is 12.7. The molecule has 0 spiro atoms. The molecule has 3 nitrogen and oxygen atoms in total. The van der Waals surface area contributed by atoms with Crippen molar-refractivity contribution < 1.29 is 4.39 Å². The van der Waals surface area contributed by atoms with Crippen molar-refractivity contribution in [3.63, 3.8) is 0 Å². The van der Waals surface area contributed by atoms with Gasteiger partial charge in [-0.15, -0.1) is 0 Å². The van der Waals surface area contributed by atoms with Gasteiger partial charge in [0, 0.05) is 11.8 Å². The Morgan fingerprint density at radius 1 is 1.06 bits per heavy atom. The molecule has 1 aromatic carbocycles. The second-order valence-electron chi connectivity index (χ2n) is 3.46. The fourth-order valence-corrected chi connectivity index (χ4v) is 1.43. The van der Waals surface area contributed by atoms with Crippen LogP contribution in [-0.4, -0.2) is 17.0 Å². The standard InChI is InChI=1S/C12H11FN2.CH5N/c1-8-7-14-9(2)15-12(8)10-3-5-11(13)6-4-10;1-2/h3-7H,1-2H3;2H2,1H3. The Kier molecular flexibility index (Phi) is 4.72. The van der Waals surface area contributed by atoms with Crippen molar-refractivity contribution in [1.82, 2.24) is 9.97 Å². The van der Waals surface area contributed by atoms with E-state index in [2.05, 4.69) is 15.7 Å². The zero-order valence-corrected chi connectivity index (χ0v) is 10.2. The Balaban J connectivity index is 0.000000686. The monoisotopic (exact) mass is 233 g/mol. The first-order valence-corrected chi connectivity index (χ1v) is 5.31. The SMILES string of the molecule is CN.Cc1ncc(C)c(-c2ccc(F)cc2)n1. The Labute approximate surface area is 101 Å². The van der Waals surface area contributed by atoms with Crippen molar-refractivity contribution in [2.45, 2.75) is 13.8 Å². The minimum atomic E-state index is -0.234. The summed E-state index contributed by atoms with van der Waals surface area (Å²) in [5, 5.41) is 0. The summed E-state index contributed by atoms with van der Waals surface area (Å²) in [6, 6.07) is 6.33. The predicted molar refractivity (Wildman–Crippen MR) is 67.0 cm³/mol. The summed E-state index contributed by atoms with van der Waals surface area (Å²) in [5.74, 6) is 0.488. The molecule has 4 heteroatoms. The molecule has 17 heavy (non-hydrogen) atoms. The molecule has 0 fully saturated rings. The number of halogens is 1. The van der Waals surface area contributed by atoms with Crippen LogP contribution < -0.4 is 5.73 Å². The highest BCUT2D eigenvalue weighted by molar-refractivity contribution is 5.62. The van der Waals surface area contributed by atoms with Gasteiger partial charge in [-0.3, -0.25) is 0 Å². The van der Waals surface area contributed by atoms with Crippen LogP contribution >= 0.6 is 0 Å². The minimum Gasteiger partial charge on any atom is -0.333 e. The van der Waals surface area contributed by atoms with Crippen molar-refractivity contribution >= 4 is 0 Å². The number of hydrogen-bond acceptors (Lipinski definition) is 3. The maximum atomic E-state index is 12.7. The number of aryl methyl sites for hydroxylation is 2. The maximum absolute atomic E-state index is 12.7. The van der Waals surface area contributed by atoms with Gasteiger partial charge < -0.3 is 5.73 Å². The quantitative estimate of drug-likeness (QED) is 0.823. The highest BCUT2D eigenvalue weighted by atomic mass is 19.1. The topological polar surface area (TPSA) is 51.8 Å². The first-order chi connectivity index (χ1) is 8.16. The molecule has 0 unspecified atom stereocenters. The number of rotatable bonds is 1. The lowest BCUT2D eigenvalue weighted by Gasteiger charge is -2.05. The third-order valence-electron chi connectivity index (χ3n) is 2.21. The number of aromatic nitrogens is 2. The van der Waals surface area contributed by atoms with Gasteiger partial charge in [0.25, 0.3) is 0 Å². The van der Waals surface area contributed by atoms with Gasteiger partial charge in [-0.2, -0.15) is 0 Å². The van der Waals surface area contributed by atoms with Crippen molar-refractivity contribution in [3.8, 4) is 11.3 Å². The van der Waals surface area contributed by atoms with Crippen LogP contribution in [0.4, 0.5) is 4.39 Å². The molecule has 0 aliphatic carbocycles. The lowest BCUT2D eigenvalue weighted by molar-refractivity contribution is 0.628. The van der Waals surface area contributed by atoms with Crippen LogP contribution in [0.5, 0.6) is 0 Å². The third kappa shape index (κ3) is 3.32. The van der Waals surface area contributed by atoms with Crippen LogP contribution in [0.3, 0.4) is 0 Å². The third-order valence-corrected chi connectivity index (χ3v) is 2.21. The Bertz CT molecular complexity index is 481. The number of nitrogens with zero attached hydrogens (tertiary/aromatic N) is 2. The number of benzene rings is 1. The second-order valence-corrected chi connectivity index (χ2v) is 3.46. The van der Waals surface area contributed by atoms with Crippen molar-refractivity contribution in [1.29, 1.82) is 0 Å². The van der Waals surface area contributed by atoms with E-state index in [4.69, 9.17) is 0 Å². The predicted octanol–water partition coefficient (Wildman–Crippen LogP) is 2.47. The van der Waals surface area contributed by atoms with E-state index < -0.39 is 0 Å². The highest BCUT2D eigenvalue weighted by Crippen LogP contribution is 2.20. The van der Waals surface area contributed by atoms with E-state index in [-0.39, 0.29) is 5.82 Å². The first kappa shape index (κ1) is 13.3. The molecule has 0 aliphatic rings. The summed E-state index contributed by atoms with van der Waals surface area (Å²) in [6.07, 6.45) is 1.78. The minimum absolute atomic E-state index is 0.234. The molecule has 1 aromatic heterocycles. The van der Waals surface area contributed by atoms with Gasteiger partial charge in [0.05, 0.1) is 5.69 Å². The van der Waals surface area contributed by atoms with Crippen LogP contribution in [0.2, 0.25) is 0 Å². The van der Waals surface area contributed by atoms with E-state index in [0.29, 0.717) is 0 Å². The van der Waals surface area contributed by atoms with Crippen molar-refractivity contribution in [3.05, 3.63) is 47.7 Å². The highest BCUT2D eigenvalue weighted by Gasteiger charge is 2.04. The zero-order chi connectivity index (χ0) is 12.8. The molecule has 0 saturated heterocycles. The van der Waals surface area contributed by atoms with E-state index in [1.54, 1.807) is 18.3 Å². The lowest BCUT2D eigenvalue weighted by Crippen LogP contribution is -1.94. The van der Waals surface area contributed by atoms with Gasteiger partial charge in [-0.05, 0) is 50.7 Å². The molecule has 2 N–H and O–H groups in total. The molecule has 0 atom stereocenters. The summed E-state index contributed by atoms with van der Waals surface area (Å²) in [5.41, 5.74) is 7.27. The van der Waals surface area contributed by atoms with Gasteiger partial charge in [0.1, 0.15) is 11.6 Å². The van der Waals surface area contributed by atoms with Crippen molar-refractivity contribution in [2.24, 2.45) is 5.73 Å². The Morgan fingerprint density at radius 2 is 1.65 bits per heavy atom. The molecular weight excluding hydrogens is 217 g/mol. The molecule has 1 heterocycles. The molecular formula is C13H16FN3. The van der Waals surface area contributed by atoms with Gasteiger partial charge >= 0.3 is 0 Å². The lowest BCUT2D eigenvalue weighted by atomic mass is 10.1. The van der Waals surface area contributed by atoms with E-state index in [1.807, 2.05) is 13.8 Å². The average molecular weight is 233 g/mol. The molecule has 2 rings (SSSR count). The summed E-state index contributed by atoms with van der Waals surface area (Å²) >= 11 is 0. The molecule has 90 valence electrons. The van der Waals surface area contributed by atoms with E-state index >= 15 is 0 Å². The number of hydrogen-bond donors (Lipinski definition) is 1. The van der Waals surface area contributed by atoms with Gasteiger partial charge in [-0.25, -0.2) is 14.4 Å². The fraction of sp³-hybridized carbons (Fsp3) is 0.231. The molecule has 0 bridgehead atoms. The Hall–Kier alpha value is -1.81. The van der Waals surface area contributed by atoms with Crippen LogP contribution in [0.1, 0.15) is 11.4 Å². The summed E-state index contributed by atoms with van der Waals surface area (Å²) in [6.45, 7) is 3.78. The summed E-state index contributed by atoms with van der Waals surface area (Å²) in [4.78, 5) is 8.44. The summed E-state index contributed by atoms with van der Waals surface area (Å²) in [7, 11) is 1.50. The zero-order valence-electron chi connectivity index (χ0n) is 10.2. The average Bonchev–Trinajstić information content (AvgIpc) is 2.36. The van der Waals surface area contributed by atoms with Gasteiger partial charge in [0.15, 0.2) is 0 Å². The molecule has 0 saturated carbocycles. The number of nitrogens with two attached hydrogens (primary N) is 1. The normalized spacial score (nSPS) is 9.47. The second kappa shape index (κ2) is 6.06. The van der Waals surface area contributed by atoms with Gasteiger partial charge in [-0.1, -0.05) is 0 Å². The van der Waals surface area contributed by atoms with E-state index in [0.717, 1.165) is 22.6 Å². The maximum Gasteiger partial charge on any atom is 0.125 e. The molecule has 0 radical (unpaired) electrons. The smallest absolute Gasteiger partial charge is 0.125 e. The molecule has 0 aliphatic heterocycles. The van der Waals surface area contributed by atoms with Crippen LogP contribution in [-0.2, 0) is 0 Å². The molecule has 2 aromatic rings.